The summed E-state index contributed by atoms with van der Waals surface area (Å²) in [4.78, 5) is 26.0. The molecule has 0 radical (unpaired) electrons. The zero-order valence-electron chi connectivity index (χ0n) is 18.9. The molecule has 0 spiro atoms. The van der Waals surface area contributed by atoms with Gasteiger partial charge in [0.1, 0.15) is 18.4 Å². The van der Waals surface area contributed by atoms with E-state index in [4.69, 9.17) is 15.2 Å². The number of benzene rings is 3. The summed E-state index contributed by atoms with van der Waals surface area (Å²) in [6.07, 6.45) is 0.644. The van der Waals surface area contributed by atoms with E-state index in [9.17, 15) is 9.59 Å². The smallest absolute Gasteiger partial charge is 0.251 e. The fraction of sp³-hybridized carbons (Fsp3) is 0.259. The maximum absolute atomic E-state index is 13.2. The van der Waals surface area contributed by atoms with Gasteiger partial charge >= 0.3 is 0 Å². The van der Waals surface area contributed by atoms with Crippen molar-refractivity contribution in [2.45, 2.75) is 25.6 Å². The second-order valence-electron chi connectivity index (χ2n) is 8.24. The van der Waals surface area contributed by atoms with Gasteiger partial charge in [0, 0.05) is 18.8 Å². The summed E-state index contributed by atoms with van der Waals surface area (Å²) in [6, 6.07) is 23.6. The lowest BCUT2D eigenvalue weighted by Gasteiger charge is -2.21. The Morgan fingerprint density at radius 3 is 2.47 bits per heavy atom. The van der Waals surface area contributed by atoms with Gasteiger partial charge in [-0.05, 0) is 47.4 Å². The molecular formula is C27H29N3O4. The minimum absolute atomic E-state index is 0.197. The Morgan fingerprint density at radius 2 is 1.76 bits per heavy atom. The van der Waals surface area contributed by atoms with E-state index in [-0.39, 0.29) is 17.7 Å². The number of nitrogens with one attached hydrogen (secondary N) is 2. The van der Waals surface area contributed by atoms with Crippen LogP contribution in [0.1, 0.15) is 29.2 Å². The van der Waals surface area contributed by atoms with Crippen LogP contribution in [-0.2, 0) is 27.5 Å². The SMILES string of the molecule is NCc1cccc(NC(=O)[C@H](NC(=O)[C@H]2CCOC2)c2ccc(OCc3ccccc3)cc2)c1. The molecule has 0 aromatic heterocycles. The van der Waals surface area contributed by atoms with Crippen molar-refractivity contribution < 1.29 is 19.1 Å². The predicted octanol–water partition coefficient (Wildman–Crippen LogP) is 3.56. The molecule has 0 aliphatic carbocycles. The molecule has 34 heavy (non-hydrogen) atoms. The number of amides is 2. The maximum atomic E-state index is 13.2. The van der Waals surface area contributed by atoms with Crippen LogP contribution in [-0.4, -0.2) is 25.0 Å². The van der Waals surface area contributed by atoms with Crippen LogP contribution in [0.4, 0.5) is 5.69 Å². The molecule has 1 fully saturated rings. The number of hydrogen-bond acceptors (Lipinski definition) is 5. The summed E-state index contributed by atoms with van der Waals surface area (Å²) in [5.74, 6) is -0.112. The predicted molar refractivity (Wildman–Crippen MR) is 130 cm³/mol. The number of nitrogens with two attached hydrogens (primary N) is 1. The molecule has 176 valence electrons. The van der Waals surface area contributed by atoms with Crippen LogP contribution >= 0.6 is 0 Å². The fourth-order valence-electron chi connectivity index (χ4n) is 3.79. The molecule has 1 aliphatic heterocycles. The minimum atomic E-state index is -0.863. The first-order valence-electron chi connectivity index (χ1n) is 11.4. The normalized spacial score (nSPS) is 16.0. The third-order valence-electron chi connectivity index (χ3n) is 5.74. The Morgan fingerprint density at radius 1 is 1.00 bits per heavy atom. The molecule has 2 atom stereocenters. The molecule has 7 heteroatoms. The quantitative estimate of drug-likeness (QED) is 0.454. The van der Waals surface area contributed by atoms with Gasteiger partial charge in [-0.25, -0.2) is 0 Å². The van der Waals surface area contributed by atoms with Crippen molar-refractivity contribution in [3.8, 4) is 5.75 Å². The summed E-state index contributed by atoms with van der Waals surface area (Å²) in [5, 5.41) is 5.81. The molecule has 0 saturated carbocycles. The average Bonchev–Trinajstić information content (AvgIpc) is 3.42. The highest BCUT2D eigenvalue weighted by atomic mass is 16.5. The van der Waals surface area contributed by atoms with Gasteiger partial charge in [0.05, 0.1) is 12.5 Å². The van der Waals surface area contributed by atoms with Gasteiger partial charge < -0.3 is 25.8 Å². The van der Waals surface area contributed by atoms with E-state index < -0.39 is 6.04 Å². The molecule has 3 aromatic carbocycles. The van der Waals surface area contributed by atoms with E-state index in [1.165, 1.54) is 0 Å². The monoisotopic (exact) mass is 459 g/mol. The zero-order chi connectivity index (χ0) is 23.8. The fourth-order valence-corrected chi connectivity index (χ4v) is 3.79. The highest BCUT2D eigenvalue weighted by Crippen LogP contribution is 2.23. The summed E-state index contributed by atoms with van der Waals surface area (Å²) in [7, 11) is 0. The van der Waals surface area contributed by atoms with Crippen LogP contribution in [0.15, 0.2) is 78.9 Å². The Labute approximate surface area is 199 Å². The number of ether oxygens (including phenoxy) is 2. The molecule has 3 aromatic rings. The van der Waals surface area contributed by atoms with Crippen LogP contribution in [0.25, 0.3) is 0 Å². The zero-order valence-corrected chi connectivity index (χ0v) is 18.9. The van der Waals surface area contributed by atoms with Crippen molar-refractivity contribution in [2.24, 2.45) is 11.7 Å². The lowest BCUT2D eigenvalue weighted by molar-refractivity contribution is -0.129. The van der Waals surface area contributed by atoms with Crippen molar-refractivity contribution in [2.75, 3.05) is 18.5 Å². The Hall–Kier alpha value is -3.68. The van der Waals surface area contributed by atoms with Gasteiger partial charge in [-0.3, -0.25) is 9.59 Å². The number of anilines is 1. The Balaban J connectivity index is 1.49. The highest BCUT2D eigenvalue weighted by molar-refractivity contribution is 5.98. The molecule has 7 nitrogen and oxygen atoms in total. The Bertz CT molecular complexity index is 1100. The average molecular weight is 460 g/mol. The van der Waals surface area contributed by atoms with Gasteiger partial charge in [0.25, 0.3) is 5.91 Å². The van der Waals surface area contributed by atoms with Crippen LogP contribution in [0.3, 0.4) is 0 Å². The lowest BCUT2D eigenvalue weighted by atomic mass is 10.0. The first-order valence-corrected chi connectivity index (χ1v) is 11.4. The molecule has 0 bridgehead atoms. The largest absolute Gasteiger partial charge is 0.489 e. The minimum Gasteiger partial charge on any atom is -0.489 e. The summed E-state index contributed by atoms with van der Waals surface area (Å²) >= 11 is 0. The first-order chi connectivity index (χ1) is 16.6. The van der Waals surface area contributed by atoms with E-state index >= 15 is 0 Å². The van der Waals surface area contributed by atoms with Gasteiger partial charge in [-0.2, -0.15) is 0 Å². The molecule has 2 amide bonds. The summed E-state index contributed by atoms with van der Waals surface area (Å²) in [6.45, 7) is 1.73. The van der Waals surface area contributed by atoms with Crippen molar-refractivity contribution in [3.05, 3.63) is 95.6 Å². The molecule has 1 heterocycles. The van der Waals surface area contributed by atoms with E-state index in [1.54, 1.807) is 30.3 Å². The van der Waals surface area contributed by atoms with Crippen LogP contribution in [0, 0.1) is 5.92 Å². The number of carbonyl (C=O) groups excluding carboxylic acids is 2. The second-order valence-corrected chi connectivity index (χ2v) is 8.24. The molecule has 1 saturated heterocycles. The number of hydrogen-bond donors (Lipinski definition) is 3. The van der Waals surface area contributed by atoms with Crippen molar-refractivity contribution in [3.63, 3.8) is 0 Å². The highest BCUT2D eigenvalue weighted by Gasteiger charge is 2.29. The van der Waals surface area contributed by atoms with Gasteiger partial charge in [0.2, 0.25) is 5.91 Å². The van der Waals surface area contributed by atoms with Crippen molar-refractivity contribution in [1.82, 2.24) is 5.32 Å². The lowest BCUT2D eigenvalue weighted by Crippen LogP contribution is -2.40. The van der Waals surface area contributed by atoms with Gasteiger partial charge in [-0.1, -0.05) is 54.6 Å². The first kappa shape index (κ1) is 23.5. The summed E-state index contributed by atoms with van der Waals surface area (Å²) in [5.41, 5.74) is 8.97. The Kier molecular flexibility index (Phi) is 7.91. The van der Waals surface area contributed by atoms with E-state index in [1.807, 2.05) is 48.5 Å². The van der Waals surface area contributed by atoms with Crippen LogP contribution in [0.2, 0.25) is 0 Å². The molecule has 4 rings (SSSR count). The summed E-state index contributed by atoms with van der Waals surface area (Å²) < 4.78 is 11.2. The van der Waals surface area contributed by atoms with E-state index in [0.29, 0.717) is 49.8 Å². The third-order valence-corrected chi connectivity index (χ3v) is 5.74. The molecule has 4 N–H and O–H groups in total. The molecule has 1 aliphatic rings. The van der Waals surface area contributed by atoms with Crippen molar-refractivity contribution in [1.29, 1.82) is 0 Å². The van der Waals surface area contributed by atoms with E-state index in [0.717, 1.165) is 11.1 Å². The third kappa shape index (κ3) is 6.21. The van der Waals surface area contributed by atoms with Crippen molar-refractivity contribution >= 4 is 17.5 Å². The van der Waals surface area contributed by atoms with Gasteiger partial charge in [-0.15, -0.1) is 0 Å². The van der Waals surface area contributed by atoms with E-state index in [2.05, 4.69) is 10.6 Å². The second kappa shape index (κ2) is 11.4. The molecule has 0 unspecified atom stereocenters. The van der Waals surface area contributed by atoms with Gasteiger partial charge in [0.15, 0.2) is 0 Å². The van der Waals surface area contributed by atoms with Crippen LogP contribution in [0.5, 0.6) is 5.75 Å². The number of carbonyl (C=O) groups is 2. The maximum Gasteiger partial charge on any atom is 0.251 e. The van der Waals surface area contributed by atoms with Crippen LogP contribution < -0.4 is 21.1 Å². The topological polar surface area (TPSA) is 103 Å². The molecular weight excluding hydrogens is 430 g/mol. The standard InChI is InChI=1S/C27H29N3O4/c28-16-20-7-4-8-23(15-20)29-27(32)25(30-26(31)22-13-14-33-18-22)21-9-11-24(12-10-21)34-17-19-5-2-1-3-6-19/h1-12,15,22,25H,13-14,16-18,28H2,(H,29,32)(H,30,31)/t22-,25+/m0/s1. The number of rotatable bonds is 9.